The van der Waals surface area contributed by atoms with E-state index in [2.05, 4.69) is 24.3 Å². The number of aromatic nitrogens is 2. The van der Waals surface area contributed by atoms with Gasteiger partial charge in [-0.1, -0.05) is 57.4 Å². The lowest BCUT2D eigenvalue weighted by molar-refractivity contribution is -0.132. The van der Waals surface area contributed by atoms with Crippen molar-refractivity contribution >= 4 is 17.5 Å². The molecule has 1 aromatic heterocycles. The van der Waals surface area contributed by atoms with Crippen LogP contribution in [-0.4, -0.2) is 40.3 Å². The average Bonchev–Trinajstić information content (AvgIpc) is 3.28. The van der Waals surface area contributed by atoms with Gasteiger partial charge in [-0.3, -0.25) is 19.2 Å². The molecule has 39 heavy (non-hydrogen) atoms. The summed E-state index contributed by atoms with van der Waals surface area (Å²) in [5.41, 5.74) is 3.16. The molecule has 2 amide bonds. The lowest BCUT2D eigenvalue weighted by atomic mass is 9.94. The van der Waals surface area contributed by atoms with Gasteiger partial charge < -0.3 is 14.8 Å². The SMILES string of the molecule is Cc1nn(C)cc1C(C(=O)NC1CCCCC1)N(C(=O)C1COc2ccccc2O1)c1ccc(C(C)C)cc1. The molecule has 1 N–H and O–H groups in total. The highest BCUT2D eigenvalue weighted by Gasteiger charge is 2.41. The molecule has 2 heterocycles. The summed E-state index contributed by atoms with van der Waals surface area (Å²) in [5, 5.41) is 7.78. The Hall–Kier alpha value is -3.81. The Labute approximate surface area is 230 Å². The van der Waals surface area contributed by atoms with Gasteiger partial charge in [-0.05, 0) is 55.5 Å². The van der Waals surface area contributed by atoms with Crippen LogP contribution in [-0.2, 0) is 16.6 Å². The number of aryl methyl sites for hydroxylation is 2. The Morgan fingerprint density at radius 3 is 2.36 bits per heavy atom. The second-order valence-electron chi connectivity index (χ2n) is 10.9. The molecule has 1 aliphatic heterocycles. The molecule has 1 fully saturated rings. The zero-order chi connectivity index (χ0) is 27.5. The van der Waals surface area contributed by atoms with E-state index >= 15 is 0 Å². The monoisotopic (exact) mass is 530 g/mol. The number of nitrogens with zero attached hydrogens (tertiary/aromatic N) is 3. The van der Waals surface area contributed by atoms with Crippen LogP contribution in [0.1, 0.15) is 74.7 Å². The van der Waals surface area contributed by atoms with E-state index in [9.17, 15) is 9.59 Å². The Bertz CT molecular complexity index is 1310. The van der Waals surface area contributed by atoms with Crippen molar-refractivity contribution in [2.75, 3.05) is 11.5 Å². The Morgan fingerprint density at radius 2 is 1.72 bits per heavy atom. The van der Waals surface area contributed by atoms with Crippen LogP contribution in [0.3, 0.4) is 0 Å². The number of carbonyl (C=O) groups excluding carboxylic acids is 2. The molecule has 0 spiro atoms. The molecule has 2 aliphatic rings. The van der Waals surface area contributed by atoms with Gasteiger partial charge in [0.25, 0.3) is 5.91 Å². The van der Waals surface area contributed by atoms with E-state index in [1.54, 1.807) is 15.6 Å². The molecule has 0 radical (unpaired) electrons. The van der Waals surface area contributed by atoms with E-state index in [1.165, 1.54) is 6.42 Å². The first-order chi connectivity index (χ1) is 18.8. The molecule has 8 heteroatoms. The van der Waals surface area contributed by atoms with E-state index in [4.69, 9.17) is 9.47 Å². The zero-order valence-electron chi connectivity index (χ0n) is 23.2. The van der Waals surface area contributed by atoms with Crippen LogP contribution in [0.2, 0.25) is 0 Å². The molecule has 1 saturated carbocycles. The van der Waals surface area contributed by atoms with Crippen LogP contribution in [0.5, 0.6) is 11.5 Å². The zero-order valence-corrected chi connectivity index (χ0v) is 23.2. The summed E-state index contributed by atoms with van der Waals surface area (Å²) in [6.45, 7) is 6.18. The maximum Gasteiger partial charge on any atom is 0.272 e. The fourth-order valence-electron chi connectivity index (χ4n) is 5.53. The van der Waals surface area contributed by atoms with Crippen LogP contribution in [0.4, 0.5) is 5.69 Å². The molecule has 0 bridgehead atoms. The van der Waals surface area contributed by atoms with Crippen molar-refractivity contribution in [3.63, 3.8) is 0 Å². The van der Waals surface area contributed by atoms with Gasteiger partial charge in [-0.25, -0.2) is 0 Å². The molecule has 0 saturated heterocycles. The summed E-state index contributed by atoms with van der Waals surface area (Å²) < 4.78 is 13.7. The number of hydrogen-bond acceptors (Lipinski definition) is 5. The summed E-state index contributed by atoms with van der Waals surface area (Å²) in [6.07, 6.45) is 6.17. The first kappa shape index (κ1) is 26.8. The molecule has 2 unspecified atom stereocenters. The van der Waals surface area contributed by atoms with Crippen molar-refractivity contribution in [1.29, 1.82) is 0 Å². The van der Waals surface area contributed by atoms with Crippen molar-refractivity contribution in [2.24, 2.45) is 7.05 Å². The number of benzene rings is 2. The number of nitrogens with one attached hydrogen (secondary N) is 1. The minimum absolute atomic E-state index is 0.0550. The van der Waals surface area contributed by atoms with E-state index in [1.807, 2.05) is 62.6 Å². The molecule has 2 aromatic carbocycles. The van der Waals surface area contributed by atoms with E-state index in [0.717, 1.165) is 31.2 Å². The van der Waals surface area contributed by atoms with Gasteiger partial charge in [-0.15, -0.1) is 0 Å². The fourth-order valence-corrected chi connectivity index (χ4v) is 5.53. The van der Waals surface area contributed by atoms with Gasteiger partial charge in [0, 0.05) is 30.5 Å². The molecule has 2 atom stereocenters. The van der Waals surface area contributed by atoms with Gasteiger partial charge in [0.05, 0.1) is 5.69 Å². The van der Waals surface area contributed by atoms with Crippen molar-refractivity contribution in [3.8, 4) is 11.5 Å². The molecule has 8 nitrogen and oxygen atoms in total. The highest BCUT2D eigenvalue weighted by atomic mass is 16.6. The number of carbonyl (C=O) groups is 2. The first-order valence-electron chi connectivity index (χ1n) is 13.9. The predicted octanol–water partition coefficient (Wildman–Crippen LogP) is 5.22. The predicted molar refractivity (Wildman–Crippen MR) is 150 cm³/mol. The first-order valence-corrected chi connectivity index (χ1v) is 13.9. The van der Waals surface area contributed by atoms with E-state index in [0.29, 0.717) is 34.4 Å². The molecule has 206 valence electrons. The summed E-state index contributed by atoms with van der Waals surface area (Å²) in [4.78, 5) is 30.1. The van der Waals surface area contributed by atoms with Crippen molar-refractivity contribution in [2.45, 2.75) is 77.0 Å². The molecule has 1 aliphatic carbocycles. The maximum absolute atomic E-state index is 14.4. The lowest BCUT2D eigenvalue weighted by Gasteiger charge is -2.36. The van der Waals surface area contributed by atoms with Gasteiger partial charge in [0.2, 0.25) is 12.0 Å². The van der Waals surface area contributed by atoms with Crippen molar-refractivity contribution in [1.82, 2.24) is 15.1 Å². The topological polar surface area (TPSA) is 85.7 Å². The quantitative estimate of drug-likeness (QED) is 0.453. The van der Waals surface area contributed by atoms with Crippen LogP contribution < -0.4 is 19.7 Å². The van der Waals surface area contributed by atoms with Crippen LogP contribution in [0, 0.1) is 6.92 Å². The highest BCUT2D eigenvalue weighted by molar-refractivity contribution is 6.03. The molecular weight excluding hydrogens is 492 g/mol. The minimum atomic E-state index is -0.918. The van der Waals surface area contributed by atoms with E-state index < -0.39 is 12.1 Å². The summed E-state index contributed by atoms with van der Waals surface area (Å²) in [7, 11) is 1.82. The molecule has 3 aromatic rings. The Kier molecular flexibility index (Phi) is 7.91. The van der Waals surface area contributed by atoms with Crippen LogP contribution in [0.25, 0.3) is 0 Å². The number of anilines is 1. The second-order valence-corrected chi connectivity index (χ2v) is 10.9. The number of para-hydroxylation sites is 2. The normalized spacial score (nSPS) is 18.0. The molecular formula is C31H38N4O4. The largest absolute Gasteiger partial charge is 0.485 e. The number of amides is 2. The summed E-state index contributed by atoms with van der Waals surface area (Å²) in [6, 6.07) is 14.3. The second kappa shape index (κ2) is 11.5. The van der Waals surface area contributed by atoms with Gasteiger partial charge >= 0.3 is 0 Å². The summed E-state index contributed by atoms with van der Waals surface area (Å²) in [5.74, 6) is 0.896. The number of ether oxygens (including phenoxy) is 2. The smallest absolute Gasteiger partial charge is 0.272 e. The van der Waals surface area contributed by atoms with Gasteiger partial charge in [-0.2, -0.15) is 5.10 Å². The van der Waals surface area contributed by atoms with E-state index in [-0.39, 0.29) is 24.5 Å². The number of fused-ring (bicyclic) bond motifs is 1. The number of hydrogen-bond donors (Lipinski definition) is 1. The van der Waals surface area contributed by atoms with Crippen molar-refractivity contribution in [3.05, 3.63) is 71.5 Å². The van der Waals surface area contributed by atoms with Crippen LogP contribution >= 0.6 is 0 Å². The third-order valence-electron chi connectivity index (χ3n) is 7.66. The number of rotatable bonds is 7. The standard InChI is InChI=1S/C31H38N4O4/c1-20(2)22-14-16-24(17-15-22)35(31(37)28-19-38-26-12-8-9-13-27(26)39-28)29(25-18-34(4)33-21(25)3)30(36)32-23-10-6-5-7-11-23/h8-9,12-18,20,23,28-29H,5-7,10-11,19H2,1-4H3,(H,32,36). The van der Waals surface area contributed by atoms with Crippen LogP contribution in [0.15, 0.2) is 54.7 Å². The fraction of sp³-hybridized carbons (Fsp3) is 0.452. The Morgan fingerprint density at radius 1 is 1.03 bits per heavy atom. The summed E-state index contributed by atoms with van der Waals surface area (Å²) >= 11 is 0. The third-order valence-corrected chi connectivity index (χ3v) is 7.66. The van der Waals surface area contributed by atoms with Crippen molar-refractivity contribution < 1.29 is 19.1 Å². The van der Waals surface area contributed by atoms with Gasteiger partial charge in [0.15, 0.2) is 11.5 Å². The minimum Gasteiger partial charge on any atom is -0.485 e. The third kappa shape index (κ3) is 5.79. The average molecular weight is 531 g/mol. The lowest BCUT2D eigenvalue weighted by Crippen LogP contribution is -2.52. The molecule has 5 rings (SSSR count). The van der Waals surface area contributed by atoms with Gasteiger partial charge in [0.1, 0.15) is 12.6 Å². The highest BCUT2D eigenvalue weighted by Crippen LogP contribution is 2.35. The maximum atomic E-state index is 14.4. The Balaban J connectivity index is 1.56.